The summed E-state index contributed by atoms with van der Waals surface area (Å²) >= 11 is 0. The molecule has 5 heteroatoms. The van der Waals surface area contributed by atoms with Gasteiger partial charge in [-0.3, -0.25) is 8.98 Å². The topological polar surface area (TPSA) is 60.4 Å². The molecular weight excluding hydrogens is 252 g/mol. The van der Waals surface area contributed by atoms with Gasteiger partial charge in [-0.1, -0.05) is 17.7 Å². The van der Waals surface area contributed by atoms with Gasteiger partial charge in [0.25, 0.3) is 10.1 Å². The zero-order chi connectivity index (χ0) is 13.2. The van der Waals surface area contributed by atoms with Crippen LogP contribution in [-0.4, -0.2) is 20.8 Å². The van der Waals surface area contributed by atoms with E-state index in [1.165, 1.54) is 12.1 Å². The van der Waals surface area contributed by atoms with E-state index in [4.69, 9.17) is 4.18 Å². The molecule has 1 atom stereocenters. The van der Waals surface area contributed by atoms with Crippen LogP contribution in [0.1, 0.15) is 24.8 Å². The van der Waals surface area contributed by atoms with E-state index in [9.17, 15) is 13.2 Å². The summed E-state index contributed by atoms with van der Waals surface area (Å²) in [6.07, 6.45) is 1.70. The second-order valence-corrected chi connectivity index (χ2v) is 6.31. The van der Waals surface area contributed by atoms with E-state index >= 15 is 0 Å². The molecule has 2 rings (SSSR count). The second kappa shape index (κ2) is 5.20. The normalized spacial score (nSPS) is 20.3. The van der Waals surface area contributed by atoms with Crippen LogP contribution < -0.4 is 0 Å². The minimum absolute atomic E-state index is 0.0396. The molecule has 0 aliphatic heterocycles. The van der Waals surface area contributed by atoms with Crippen molar-refractivity contribution in [1.29, 1.82) is 0 Å². The summed E-state index contributed by atoms with van der Waals surface area (Å²) < 4.78 is 28.8. The zero-order valence-corrected chi connectivity index (χ0v) is 11.1. The molecule has 1 aliphatic rings. The Balaban J connectivity index is 1.99. The van der Waals surface area contributed by atoms with Crippen LogP contribution in [-0.2, 0) is 19.1 Å². The van der Waals surface area contributed by atoms with Crippen LogP contribution in [0.4, 0.5) is 0 Å². The summed E-state index contributed by atoms with van der Waals surface area (Å²) in [5, 5.41) is 0. The Bertz CT molecular complexity index is 531. The van der Waals surface area contributed by atoms with Gasteiger partial charge in [-0.15, -0.1) is 0 Å². The van der Waals surface area contributed by atoms with Gasteiger partial charge in [0.15, 0.2) is 0 Å². The molecule has 0 bridgehead atoms. The van der Waals surface area contributed by atoms with Crippen LogP contribution in [0.25, 0.3) is 0 Å². The summed E-state index contributed by atoms with van der Waals surface area (Å²) in [6, 6.07) is 6.53. The van der Waals surface area contributed by atoms with Gasteiger partial charge in [-0.2, -0.15) is 8.42 Å². The summed E-state index contributed by atoms with van der Waals surface area (Å²) in [7, 11) is -3.69. The Morgan fingerprint density at radius 1 is 1.28 bits per heavy atom. The number of aryl methyl sites for hydroxylation is 1. The van der Waals surface area contributed by atoms with Gasteiger partial charge in [-0.25, -0.2) is 0 Å². The average Bonchev–Trinajstić information content (AvgIpc) is 2.73. The summed E-state index contributed by atoms with van der Waals surface area (Å²) in [5.74, 6) is 0.231. The molecule has 0 saturated heterocycles. The number of rotatable bonds is 4. The van der Waals surface area contributed by atoms with Gasteiger partial charge in [0.05, 0.1) is 11.5 Å². The third-order valence-electron chi connectivity index (χ3n) is 3.12. The van der Waals surface area contributed by atoms with E-state index in [1.807, 2.05) is 6.92 Å². The first-order valence-corrected chi connectivity index (χ1v) is 7.36. The fourth-order valence-electron chi connectivity index (χ4n) is 1.99. The number of carbonyl (C=O) groups is 1. The Kier molecular flexibility index (Phi) is 3.82. The van der Waals surface area contributed by atoms with Crippen molar-refractivity contribution in [3.63, 3.8) is 0 Å². The van der Waals surface area contributed by atoms with Gasteiger partial charge in [0.1, 0.15) is 5.78 Å². The average molecular weight is 268 g/mol. The van der Waals surface area contributed by atoms with Crippen molar-refractivity contribution in [1.82, 2.24) is 0 Å². The molecule has 0 unspecified atom stereocenters. The highest BCUT2D eigenvalue weighted by atomic mass is 32.2. The predicted molar refractivity (Wildman–Crippen MR) is 66.7 cm³/mol. The number of Topliss-reactive ketones (excluding diaryl/α,β-unsaturated/α-hetero) is 1. The molecule has 1 aromatic rings. The summed E-state index contributed by atoms with van der Waals surface area (Å²) in [5.41, 5.74) is 0.996. The lowest BCUT2D eigenvalue weighted by atomic mass is 10.1. The highest BCUT2D eigenvalue weighted by Crippen LogP contribution is 2.23. The molecule has 1 fully saturated rings. The van der Waals surface area contributed by atoms with E-state index in [0.29, 0.717) is 12.8 Å². The molecule has 1 saturated carbocycles. The van der Waals surface area contributed by atoms with Crippen LogP contribution in [0.3, 0.4) is 0 Å². The van der Waals surface area contributed by atoms with Crippen molar-refractivity contribution in [2.24, 2.45) is 5.92 Å². The SMILES string of the molecule is Cc1ccc(S(=O)(=O)OC[C@@H]2CCC(=O)C2)cc1. The van der Waals surface area contributed by atoms with E-state index in [0.717, 1.165) is 12.0 Å². The highest BCUT2D eigenvalue weighted by Gasteiger charge is 2.25. The maximum atomic E-state index is 11.9. The van der Waals surface area contributed by atoms with Gasteiger partial charge < -0.3 is 0 Å². The predicted octanol–water partition coefficient (Wildman–Crippen LogP) is 2.07. The molecule has 0 amide bonds. The van der Waals surface area contributed by atoms with Crippen molar-refractivity contribution in [2.45, 2.75) is 31.1 Å². The largest absolute Gasteiger partial charge is 0.300 e. The zero-order valence-electron chi connectivity index (χ0n) is 10.3. The lowest BCUT2D eigenvalue weighted by Crippen LogP contribution is -2.13. The standard InChI is InChI=1S/C13H16O4S/c1-10-2-6-13(7-3-10)18(15,16)17-9-11-4-5-12(14)8-11/h2-3,6-7,11H,4-5,8-9H2,1H3/t11-/m1/s1. The van der Waals surface area contributed by atoms with E-state index in [2.05, 4.69) is 0 Å². The number of benzene rings is 1. The molecule has 0 radical (unpaired) electrons. The van der Waals surface area contributed by atoms with E-state index in [1.54, 1.807) is 12.1 Å². The van der Waals surface area contributed by atoms with Crippen LogP contribution in [0, 0.1) is 12.8 Å². The summed E-state index contributed by atoms with van der Waals surface area (Å²) in [4.78, 5) is 11.2. The molecular formula is C13H16O4S. The minimum Gasteiger partial charge on any atom is -0.300 e. The Labute approximate surface area is 107 Å². The van der Waals surface area contributed by atoms with Crippen molar-refractivity contribution < 1.29 is 17.4 Å². The number of carbonyl (C=O) groups excluding carboxylic acids is 1. The molecule has 18 heavy (non-hydrogen) atoms. The maximum absolute atomic E-state index is 11.9. The second-order valence-electron chi connectivity index (χ2n) is 4.70. The quantitative estimate of drug-likeness (QED) is 0.784. The maximum Gasteiger partial charge on any atom is 0.296 e. The number of hydrogen-bond acceptors (Lipinski definition) is 4. The van der Waals surface area contributed by atoms with Crippen LogP contribution in [0.2, 0.25) is 0 Å². The van der Waals surface area contributed by atoms with Crippen LogP contribution >= 0.6 is 0 Å². The summed E-state index contributed by atoms with van der Waals surface area (Å²) in [6.45, 7) is 1.99. The lowest BCUT2D eigenvalue weighted by molar-refractivity contribution is -0.117. The first kappa shape index (κ1) is 13.2. The Morgan fingerprint density at radius 2 is 1.94 bits per heavy atom. The van der Waals surface area contributed by atoms with Crippen LogP contribution in [0.15, 0.2) is 29.2 Å². The molecule has 0 spiro atoms. The van der Waals surface area contributed by atoms with Crippen LogP contribution in [0.5, 0.6) is 0 Å². The molecule has 1 aliphatic carbocycles. The van der Waals surface area contributed by atoms with Gasteiger partial charge in [0.2, 0.25) is 0 Å². The Morgan fingerprint density at radius 3 is 2.50 bits per heavy atom. The molecule has 4 nitrogen and oxygen atoms in total. The smallest absolute Gasteiger partial charge is 0.296 e. The Hall–Kier alpha value is -1.20. The number of ketones is 1. The number of hydrogen-bond donors (Lipinski definition) is 0. The fourth-order valence-corrected chi connectivity index (χ4v) is 2.97. The first-order valence-electron chi connectivity index (χ1n) is 5.95. The molecule has 98 valence electrons. The highest BCUT2D eigenvalue weighted by molar-refractivity contribution is 7.86. The van der Waals surface area contributed by atoms with E-state index < -0.39 is 10.1 Å². The minimum atomic E-state index is -3.69. The fraction of sp³-hybridized carbons (Fsp3) is 0.462. The van der Waals surface area contributed by atoms with Gasteiger partial charge >= 0.3 is 0 Å². The van der Waals surface area contributed by atoms with Gasteiger partial charge in [-0.05, 0) is 31.4 Å². The third-order valence-corrected chi connectivity index (χ3v) is 4.41. The molecule has 1 aromatic carbocycles. The molecule has 0 aromatic heterocycles. The first-order chi connectivity index (χ1) is 8.47. The van der Waals surface area contributed by atoms with Crippen molar-refractivity contribution in [2.75, 3.05) is 6.61 Å². The van der Waals surface area contributed by atoms with Gasteiger partial charge in [0, 0.05) is 12.8 Å². The lowest BCUT2D eigenvalue weighted by Gasteiger charge is -2.09. The van der Waals surface area contributed by atoms with Crippen molar-refractivity contribution >= 4 is 15.9 Å². The third kappa shape index (κ3) is 3.17. The van der Waals surface area contributed by atoms with Crippen molar-refractivity contribution in [3.05, 3.63) is 29.8 Å². The monoisotopic (exact) mass is 268 g/mol. The van der Waals surface area contributed by atoms with E-state index in [-0.39, 0.29) is 23.2 Å². The van der Waals surface area contributed by atoms with Crippen molar-refractivity contribution in [3.8, 4) is 0 Å². The molecule has 0 N–H and O–H groups in total. The molecule has 0 heterocycles.